The van der Waals surface area contributed by atoms with Crippen molar-refractivity contribution in [2.45, 2.75) is 19.5 Å². The molecule has 1 aliphatic rings. The van der Waals surface area contributed by atoms with E-state index < -0.39 is 0 Å². The molecule has 1 amide bonds. The Hall–Kier alpha value is -2.64. The van der Waals surface area contributed by atoms with Crippen LogP contribution >= 0.6 is 0 Å². The summed E-state index contributed by atoms with van der Waals surface area (Å²) in [5.74, 6) is 0.713. The molecule has 0 saturated carbocycles. The Bertz CT molecular complexity index is 815. The van der Waals surface area contributed by atoms with Gasteiger partial charge < -0.3 is 19.4 Å². The zero-order valence-corrected chi connectivity index (χ0v) is 16.0. The Labute approximate surface area is 164 Å². The summed E-state index contributed by atoms with van der Waals surface area (Å²) in [6.07, 6.45) is 1.95. The van der Waals surface area contributed by atoms with Gasteiger partial charge in [0.25, 0.3) is 5.56 Å². The number of carbonyl (C=O) groups excluding carboxylic acids is 1. The third-order valence-corrected chi connectivity index (χ3v) is 4.65. The maximum absolute atomic E-state index is 12.1. The van der Waals surface area contributed by atoms with Gasteiger partial charge in [-0.1, -0.05) is 18.2 Å². The first kappa shape index (κ1) is 20.1. The molecule has 0 spiro atoms. The van der Waals surface area contributed by atoms with E-state index in [1.54, 1.807) is 18.3 Å². The first-order valence-electron chi connectivity index (χ1n) is 9.65. The Morgan fingerprint density at radius 1 is 1.11 bits per heavy atom. The summed E-state index contributed by atoms with van der Waals surface area (Å²) in [6, 6.07) is 12.7. The van der Waals surface area contributed by atoms with Gasteiger partial charge in [0, 0.05) is 51.4 Å². The molecule has 0 radical (unpaired) electrons. The average molecular weight is 385 g/mol. The summed E-state index contributed by atoms with van der Waals surface area (Å²) in [7, 11) is 0. The smallest absolute Gasteiger partial charge is 0.250 e. The van der Waals surface area contributed by atoms with Crippen LogP contribution in [0, 0.1) is 0 Å². The predicted octanol–water partition coefficient (Wildman–Crippen LogP) is 1.27. The normalized spacial score (nSPS) is 14.6. The number of amides is 1. The fourth-order valence-corrected chi connectivity index (χ4v) is 3.02. The Morgan fingerprint density at radius 3 is 2.79 bits per heavy atom. The second-order valence-corrected chi connectivity index (χ2v) is 6.71. The van der Waals surface area contributed by atoms with Crippen LogP contribution in [-0.4, -0.2) is 54.8 Å². The molecule has 1 aliphatic heterocycles. The van der Waals surface area contributed by atoms with Gasteiger partial charge in [-0.15, -0.1) is 0 Å². The second-order valence-electron chi connectivity index (χ2n) is 6.71. The van der Waals surface area contributed by atoms with E-state index in [2.05, 4.69) is 10.2 Å². The number of aromatic nitrogens is 1. The van der Waals surface area contributed by atoms with Crippen molar-refractivity contribution in [3.05, 3.63) is 64.6 Å². The van der Waals surface area contributed by atoms with E-state index in [1.807, 2.05) is 24.3 Å². The monoisotopic (exact) mass is 385 g/mol. The molecular weight excluding hydrogens is 358 g/mol. The van der Waals surface area contributed by atoms with Crippen LogP contribution in [0.2, 0.25) is 0 Å². The fourth-order valence-electron chi connectivity index (χ4n) is 3.02. The molecule has 2 heterocycles. The van der Waals surface area contributed by atoms with Gasteiger partial charge in [0.2, 0.25) is 5.91 Å². The molecule has 7 nitrogen and oxygen atoms in total. The molecule has 1 N–H and O–H groups in total. The maximum Gasteiger partial charge on any atom is 0.250 e. The first-order chi connectivity index (χ1) is 13.7. The minimum Gasteiger partial charge on any atom is -0.492 e. The number of morpholine rings is 1. The number of nitrogens with one attached hydrogen (secondary N) is 1. The van der Waals surface area contributed by atoms with Gasteiger partial charge in [0.1, 0.15) is 12.4 Å². The van der Waals surface area contributed by atoms with E-state index in [9.17, 15) is 9.59 Å². The number of aryl methyl sites for hydroxylation is 1. The first-order valence-corrected chi connectivity index (χ1v) is 9.65. The van der Waals surface area contributed by atoms with Gasteiger partial charge in [-0.2, -0.15) is 0 Å². The van der Waals surface area contributed by atoms with Crippen LogP contribution in [0.25, 0.3) is 0 Å². The van der Waals surface area contributed by atoms with Crippen molar-refractivity contribution < 1.29 is 14.3 Å². The van der Waals surface area contributed by atoms with Gasteiger partial charge in [0.15, 0.2) is 0 Å². The van der Waals surface area contributed by atoms with Crippen molar-refractivity contribution in [3.63, 3.8) is 0 Å². The number of pyridine rings is 1. The van der Waals surface area contributed by atoms with Crippen molar-refractivity contribution in [2.24, 2.45) is 0 Å². The number of ether oxygens (including phenoxy) is 2. The number of benzene rings is 1. The minimum absolute atomic E-state index is 0.0885. The van der Waals surface area contributed by atoms with Crippen molar-refractivity contribution in [1.29, 1.82) is 0 Å². The van der Waals surface area contributed by atoms with Crippen LogP contribution in [0.1, 0.15) is 12.0 Å². The van der Waals surface area contributed by atoms with Gasteiger partial charge >= 0.3 is 0 Å². The fraction of sp³-hybridized carbons (Fsp3) is 0.429. The van der Waals surface area contributed by atoms with Gasteiger partial charge in [-0.3, -0.25) is 14.5 Å². The standard InChI is InChI=1S/C21H27N3O4/c25-20(7-9-24-8-2-1-6-21(24)26)22-17-18-4-3-5-19(16-18)28-15-12-23-10-13-27-14-11-23/h1-6,8,16H,7,9-15,17H2,(H,22,25). The van der Waals surface area contributed by atoms with E-state index in [-0.39, 0.29) is 17.9 Å². The minimum atomic E-state index is -0.0998. The summed E-state index contributed by atoms with van der Waals surface area (Å²) in [5.41, 5.74) is 0.881. The molecule has 1 fully saturated rings. The van der Waals surface area contributed by atoms with E-state index in [1.165, 1.54) is 10.6 Å². The summed E-state index contributed by atoms with van der Waals surface area (Å²) in [4.78, 5) is 26.0. The largest absolute Gasteiger partial charge is 0.492 e. The van der Waals surface area contributed by atoms with Crippen LogP contribution in [0.5, 0.6) is 5.75 Å². The molecule has 1 aromatic carbocycles. The van der Waals surface area contributed by atoms with E-state index in [0.29, 0.717) is 19.7 Å². The van der Waals surface area contributed by atoms with Gasteiger partial charge in [0.05, 0.1) is 13.2 Å². The quantitative estimate of drug-likeness (QED) is 0.704. The van der Waals surface area contributed by atoms with Crippen molar-refractivity contribution in [1.82, 2.24) is 14.8 Å². The predicted molar refractivity (Wildman–Crippen MR) is 106 cm³/mol. The maximum atomic E-state index is 12.1. The number of hydrogen-bond donors (Lipinski definition) is 1. The molecule has 1 saturated heterocycles. The Kier molecular flexibility index (Phi) is 7.63. The van der Waals surface area contributed by atoms with Crippen LogP contribution in [-0.2, 0) is 22.6 Å². The third kappa shape index (κ3) is 6.51. The summed E-state index contributed by atoms with van der Waals surface area (Å²) in [5, 5.41) is 2.89. The summed E-state index contributed by atoms with van der Waals surface area (Å²) in [6.45, 7) is 5.78. The van der Waals surface area contributed by atoms with Crippen LogP contribution in [0.3, 0.4) is 0 Å². The van der Waals surface area contributed by atoms with Crippen LogP contribution < -0.4 is 15.6 Å². The Morgan fingerprint density at radius 2 is 1.96 bits per heavy atom. The lowest BCUT2D eigenvalue weighted by Crippen LogP contribution is -2.38. The third-order valence-electron chi connectivity index (χ3n) is 4.65. The lowest BCUT2D eigenvalue weighted by molar-refractivity contribution is -0.121. The highest BCUT2D eigenvalue weighted by Gasteiger charge is 2.10. The lowest BCUT2D eigenvalue weighted by Gasteiger charge is -2.26. The molecule has 1 aromatic heterocycles. The molecule has 0 unspecified atom stereocenters. The number of carbonyl (C=O) groups is 1. The van der Waals surface area contributed by atoms with Crippen molar-refractivity contribution >= 4 is 5.91 Å². The molecular formula is C21H27N3O4. The van der Waals surface area contributed by atoms with Crippen LogP contribution in [0.4, 0.5) is 0 Å². The Balaban J connectivity index is 1.39. The molecule has 0 aliphatic carbocycles. The second kappa shape index (κ2) is 10.6. The van der Waals surface area contributed by atoms with Crippen molar-refractivity contribution in [2.75, 3.05) is 39.5 Å². The molecule has 0 bridgehead atoms. The molecule has 7 heteroatoms. The molecule has 150 valence electrons. The molecule has 28 heavy (non-hydrogen) atoms. The van der Waals surface area contributed by atoms with Gasteiger partial charge in [-0.05, 0) is 23.8 Å². The van der Waals surface area contributed by atoms with Crippen LogP contribution in [0.15, 0.2) is 53.5 Å². The van der Waals surface area contributed by atoms with E-state index in [4.69, 9.17) is 9.47 Å². The highest BCUT2D eigenvalue weighted by atomic mass is 16.5. The number of rotatable bonds is 9. The zero-order valence-electron chi connectivity index (χ0n) is 16.0. The van der Waals surface area contributed by atoms with E-state index >= 15 is 0 Å². The topological polar surface area (TPSA) is 72.8 Å². The zero-order chi connectivity index (χ0) is 19.6. The summed E-state index contributed by atoms with van der Waals surface area (Å²) < 4.78 is 12.7. The van der Waals surface area contributed by atoms with Gasteiger partial charge in [-0.25, -0.2) is 0 Å². The van der Waals surface area contributed by atoms with E-state index in [0.717, 1.165) is 44.2 Å². The molecule has 2 aromatic rings. The highest BCUT2D eigenvalue weighted by molar-refractivity contribution is 5.75. The highest BCUT2D eigenvalue weighted by Crippen LogP contribution is 2.13. The van der Waals surface area contributed by atoms with Crippen molar-refractivity contribution in [3.8, 4) is 5.75 Å². The molecule has 0 atom stereocenters. The average Bonchev–Trinajstić information content (AvgIpc) is 2.73. The number of hydrogen-bond acceptors (Lipinski definition) is 5. The molecule has 3 rings (SSSR count). The number of nitrogens with zero attached hydrogens (tertiary/aromatic N) is 2. The SMILES string of the molecule is O=C(CCn1ccccc1=O)NCc1cccc(OCCN2CCOCC2)c1. The lowest BCUT2D eigenvalue weighted by atomic mass is 10.2. The summed E-state index contributed by atoms with van der Waals surface area (Å²) >= 11 is 0.